The first-order valence-electron chi connectivity index (χ1n) is 7.20. The van der Waals surface area contributed by atoms with E-state index in [1.807, 2.05) is 30.5 Å². The number of fused-ring (bicyclic) bond motifs is 1. The zero-order valence-electron chi connectivity index (χ0n) is 12.2. The van der Waals surface area contributed by atoms with Gasteiger partial charge in [-0.1, -0.05) is 48.5 Å². The van der Waals surface area contributed by atoms with E-state index in [1.165, 1.54) is 5.56 Å². The molecule has 3 heteroatoms. The summed E-state index contributed by atoms with van der Waals surface area (Å²) in [6.07, 6.45) is 1.84. The van der Waals surface area contributed by atoms with Crippen molar-refractivity contribution in [2.75, 3.05) is 13.6 Å². The normalized spacial score (nSPS) is 12.9. The first-order chi connectivity index (χ1) is 10.3. The fourth-order valence-corrected chi connectivity index (χ4v) is 2.78. The number of benzene rings is 2. The monoisotopic (exact) mass is 280 g/mol. The Kier molecular flexibility index (Phi) is 4.04. The maximum absolute atomic E-state index is 6.03. The molecule has 0 aliphatic rings. The Balaban J connectivity index is 1.87. The lowest BCUT2D eigenvalue weighted by Crippen LogP contribution is -2.30. The molecule has 2 aromatic carbocycles. The fourth-order valence-electron chi connectivity index (χ4n) is 2.78. The second-order valence-electron chi connectivity index (χ2n) is 5.34. The van der Waals surface area contributed by atoms with Crippen molar-refractivity contribution in [3.63, 3.8) is 0 Å². The Morgan fingerprint density at radius 2 is 1.76 bits per heavy atom. The standard InChI is InChI=1S/C18H20N2O/c1-20(12-14-7-3-2-4-8-14)17(11-19)16-13-21-18-10-6-5-9-15(16)18/h2-10,13,17H,11-12,19H2,1H3. The highest BCUT2D eigenvalue weighted by Gasteiger charge is 2.20. The summed E-state index contributed by atoms with van der Waals surface area (Å²) in [6.45, 7) is 1.43. The Bertz CT molecular complexity index is 705. The van der Waals surface area contributed by atoms with Gasteiger partial charge in [0, 0.05) is 24.0 Å². The molecule has 108 valence electrons. The van der Waals surface area contributed by atoms with Crippen molar-refractivity contribution in [2.24, 2.45) is 5.73 Å². The molecule has 2 N–H and O–H groups in total. The predicted octanol–water partition coefficient (Wildman–Crippen LogP) is 3.56. The molecule has 1 unspecified atom stereocenters. The van der Waals surface area contributed by atoms with Crippen LogP contribution in [-0.2, 0) is 6.54 Å². The molecule has 1 atom stereocenters. The van der Waals surface area contributed by atoms with Crippen molar-refractivity contribution >= 4 is 11.0 Å². The summed E-state index contributed by atoms with van der Waals surface area (Å²) in [6, 6.07) is 18.7. The van der Waals surface area contributed by atoms with E-state index in [-0.39, 0.29) is 6.04 Å². The number of hydrogen-bond donors (Lipinski definition) is 1. The number of rotatable bonds is 5. The van der Waals surface area contributed by atoms with E-state index < -0.39 is 0 Å². The molecule has 0 bridgehead atoms. The molecule has 3 aromatic rings. The minimum Gasteiger partial charge on any atom is -0.464 e. The quantitative estimate of drug-likeness (QED) is 0.777. The minimum absolute atomic E-state index is 0.147. The highest BCUT2D eigenvalue weighted by molar-refractivity contribution is 5.81. The van der Waals surface area contributed by atoms with Gasteiger partial charge < -0.3 is 10.2 Å². The van der Waals surface area contributed by atoms with Gasteiger partial charge in [0.05, 0.1) is 12.3 Å². The van der Waals surface area contributed by atoms with E-state index in [4.69, 9.17) is 10.2 Å². The average molecular weight is 280 g/mol. The topological polar surface area (TPSA) is 42.4 Å². The zero-order chi connectivity index (χ0) is 14.7. The van der Waals surface area contributed by atoms with Crippen molar-refractivity contribution in [1.82, 2.24) is 4.90 Å². The second kappa shape index (κ2) is 6.12. The van der Waals surface area contributed by atoms with Crippen molar-refractivity contribution in [1.29, 1.82) is 0 Å². The van der Waals surface area contributed by atoms with E-state index in [2.05, 4.69) is 42.3 Å². The van der Waals surface area contributed by atoms with E-state index >= 15 is 0 Å². The van der Waals surface area contributed by atoms with Gasteiger partial charge in [-0.05, 0) is 18.7 Å². The lowest BCUT2D eigenvalue weighted by Gasteiger charge is -2.26. The molecule has 0 radical (unpaired) electrons. The fraction of sp³-hybridized carbons (Fsp3) is 0.222. The van der Waals surface area contributed by atoms with Gasteiger partial charge in [-0.25, -0.2) is 0 Å². The van der Waals surface area contributed by atoms with E-state index in [0.717, 1.165) is 23.1 Å². The maximum atomic E-state index is 6.03. The highest BCUT2D eigenvalue weighted by Crippen LogP contribution is 2.29. The molecule has 0 saturated carbocycles. The van der Waals surface area contributed by atoms with E-state index in [0.29, 0.717) is 6.54 Å². The second-order valence-corrected chi connectivity index (χ2v) is 5.34. The van der Waals surface area contributed by atoms with Gasteiger partial charge in [-0.2, -0.15) is 0 Å². The van der Waals surface area contributed by atoms with Gasteiger partial charge in [0.25, 0.3) is 0 Å². The SMILES string of the molecule is CN(Cc1ccccc1)C(CN)c1coc2ccccc12. The summed E-state index contributed by atoms with van der Waals surface area (Å²) in [4.78, 5) is 2.27. The molecule has 21 heavy (non-hydrogen) atoms. The van der Waals surface area contributed by atoms with Gasteiger partial charge in [-0.15, -0.1) is 0 Å². The first kappa shape index (κ1) is 13.9. The molecule has 0 aliphatic heterocycles. The maximum Gasteiger partial charge on any atom is 0.134 e. The molecular weight excluding hydrogens is 260 g/mol. The predicted molar refractivity (Wildman–Crippen MR) is 85.9 cm³/mol. The third-order valence-electron chi connectivity index (χ3n) is 3.90. The summed E-state index contributed by atoms with van der Waals surface area (Å²) in [7, 11) is 2.10. The molecular formula is C18H20N2O. The summed E-state index contributed by atoms with van der Waals surface area (Å²) in [5.41, 5.74) is 9.38. The zero-order valence-corrected chi connectivity index (χ0v) is 12.2. The van der Waals surface area contributed by atoms with Crippen LogP contribution in [0.3, 0.4) is 0 Å². The molecule has 1 aromatic heterocycles. The lowest BCUT2D eigenvalue weighted by molar-refractivity contribution is 0.242. The molecule has 0 saturated heterocycles. The number of para-hydroxylation sites is 1. The molecule has 0 spiro atoms. The van der Waals surface area contributed by atoms with Gasteiger partial charge in [0.1, 0.15) is 5.58 Å². The largest absolute Gasteiger partial charge is 0.464 e. The molecule has 3 nitrogen and oxygen atoms in total. The van der Waals surface area contributed by atoms with Crippen molar-refractivity contribution < 1.29 is 4.42 Å². The number of nitrogens with two attached hydrogens (primary N) is 1. The Morgan fingerprint density at radius 1 is 1.05 bits per heavy atom. The Labute approximate surface area is 125 Å². The van der Waals surface area contributed by atoms with Crippen LogP contribution in [0.1, 0.15) is 17.2 Å². The van der Waals surface area contributed by atoms with Crippen molar-refractivity contribution in [3.8, 4) is 0 Å². The highest BCUT2D eigenvalue weighted by atomic mass is 16.3. The molecule has 1 heterocycles. The van der Waals surface area contributed by atoms with Gasteiger partial charge >= 0.3 is 0 Å². The lowest BCUT2D eigenvalue weighted by atomic mass is 10.0. The third kappa shape index (κ3) is 2.84. The van der Waals surface area contributed by atoms with Crippen molar-refractivity contribution in [3.05, 3.63) is 72.0 Å². The molecule has 3 rings (SSSR count). The van der Waals surface area contributed by atoms with Crippen LogP contribution in [0.25, 0.3) is 11.0 Å². The number of likely N-dealkylation sites (N-methyl/N-ethyl adjacent to an activating group) is 1. The van der Waals surface area contributed by atoms with Gasteiger partial charge in [0.15, 0.2) is 0 Å². The Hall–Kier alpha value is -2.10. The van der Waals surface area contributed by atoms with Crippen LogP contribution in [-0.4, -0.2) is 18.5 Å². The van der Waals surface area contributed by atoms with Gasteiger partial charge in [0.2, 0.25) is 0 Å². The van der Waals surface area contributed by atoms with Crippen LogP contribution in [0.5, 0.6) is 0 Å². The smallest absolute Gasteiger partial charge is 0.134 e. The van der Waals surface area contributed by atoms with Crippen LogP contribution in [0.2, 0.25) is 0 Å². The third-order valence-corrected chi connectivity index (χ3v) is 3.90. The Morgan fingerprint density at radius 3 is 2.52 bits per heavy atom. The van der Waals surface area contributed by atoms with Crippen LogP contribution in [0, 0.1) is 0 Å². The van der Waals surface area contributed by atoms with Crippen LogP contribution in [0.4, 0.5) is 0 Å². The van der Waals surface area contributed by atoms with Gasteiger partial charge in [-0.3, -0.25) is 4.90 Å². The number of nitrogens with zero attached hydrogens (tertiary/aromatic N) is 1. The number of hydrogen-bond acceptors (Lipinski definition) is 3. The van der Waals surface area contributed by atoms with Crippen molar-refractivity contribution in [2.45, 2.75) is 12.6 Å². The molecule has 0 fully saturated rings. The summed E-state index contributed by atoms with van der Waals surface area (Å²) in [5.74, 6) is 0. The summed E-state index contributed by atoms with van der Waals surface area (Å²) in [5, 5.41) is 1.15. The van der Waals surface area contributed by atoms with Crippen LogP contribution < -0.4 is 5.73 Å². The number of furan rings is 1. The van der Waals surface area contributed by atoms with Crippen LogP contribution >= 0.6 is 0 Å². The molecule has 0 aliphatic carbocycles. The molecule has 0 amide bonds. The van der Waals surface area contributed by atoms with Crippen LogP contribution in [0.15, 0.2) is 65.3 Å². The van der Waals surface area contributed by atoms with E-state index in [1.54, 1.807) is 0 Å². The summed E-state index contributed by atoms with van der Waals surface area (Å²) < 4.78 is 5.65. The first-order valence-corrected chi connectivity index (χ1v) is 7.20. The van der Waals surface area contributed by atoms with E-state index in [9.17, 15) is 0 Å². The minimum atomic E-state index is 0.147. The summed E-state index contributed by atoms with van der Waals surface area (Å²) >= 11 is 0. The average Bonchev–Trinajstić information content (AvgIpc) is 2.93.